The van der Waals surface area contributed by atoms with Crippen molar-refractivity contribution in [1.82, 2.24) is 9.97 Å². The topological polar surface area (TPSA) is 76.3 Å². The number of nitrogens with two attached hydrogens (primary N) is 1. The van der Waals surface area contributed by atoms with Gasteiger partial charge in [-0.1, -0.05) is 6.92 Å². The van der Waals surface area contributed by atoms with Crippen molar-refractivity contribution >= 4 is 17.6 Å². The molecular weight excluding hydrogens is 230 g/mol. The fraction of sp³-hybridized carbons (Fsp3) is 0.667. The zero-order valence-electron chi connectivity index (χ0n) is 11.2. The zero-order chi connectivity index (χ0) is 13.1. The van der Waals surface area contributed by atoms with E-state index < -0.39 is 0 Å². The van der Waals surface area contributed by atoms with Crippen LogP contribution < -0.4 is 16.0 Å². The molecule has 0 saturated carbocycles. The third-order valence-corrected chi connectivity index (χ3v) is 3.50. The highest BCUT2D eigenvalue weighted by Crippen LogP contribution is 2.25. The van der Waals surface area contributed by atoms with Crippen LogP contribution in [0.15, 0.2) is 6.07 Å². The molecule has 0 bridgehead atoms. The SMILES string of the molecule is CNc1cc(N2CCC(C)C(OC)C2)nc(N)n1. The Labute approximate surface area is 108 Å². The fourth-order valence-electron chi connectivity index (χ4n) is 2.29. The minimum Gasteiger partial charge on any atom is -0.379 e. The van der Waals surface area contributed by atoms with Crippen molar-refractivity contribution in [2.24, 2.45) is 5.92 Å². The van der Waals surface area contributed by atoms with E-state index in [2.05, 4.69) is 27.1 Å². The number of nitrogen functional groups attached to an aromatic ring is 1. The van der Waals surface area contributed by atoms with E-state index in [1.807, 2.05) is 13.1 Å². The molecule has 18 heavy (non-hydrogen) atoms. The Morgan fingerprint density at radius 1 is 1.50 bits per heavy atom. The first-order chi connectivity index (χ1) is 8.63. The molecule has 1 aliphatic heterocycles. The lowest BCUT2D eigenvalue weighted by Crippen LogP contribution is -2.44. The van der Waals surface area contributed by atoms with Crippen molar-refractivity contribution < 1.29 is 4.74 Å². The second-order valence-corrected chi connectivity index (χ2v) is 4.71. The molecule has 100 valence electrons. The maximum absolute atomic E-state index is 5.72. The summed E-state index contributed by atoms with van der Waals surface area (Å²) in [6.45, 7) is 4.04. The molecule has 6 nitrogen and oxygen atoms in total. The van der Waals surface area contributed by atoms with Gasteiger partial charge in [0.05, 0.1) is 6.10 Å². The quantitative estimate of drug-likeness (QED) is 0.833. The molecular formula is C12H21N5O. The fourth-order valence-corrected chi connectivity index (χ4v) is 2.29. The van der Waals surface area contributed by atoms with Gasteiger partial charge in [0.1, 0.15) is 11.6 Å². The number of methoxy groups -OCH3 is 1. The summed E-state index contributed by atoms with van der Waals surface area (Å²) in [5.41, 5.74) is 5.72. The van der Waals surface area contributed by atoms with Crippen molar-refractivity contribution in [2.45, 2.75) is 19.4 Å². The molecule has 2 atom stereocenters. The molecule has 1 aliphatic rings. The minimum atomic E-state index is 0.243. The molecule has 0 aromatic carbocycles. The van der Waals surface area contributed by atoms with Gasteiger partial charge >= 0.3 is 0 Å². The molecule has 1 fully saturated rings. The van der Waals surface area contributed by atoms with Gasteiger partial charge in [-0.2, -0.15) is 9.97 Å². The van der Waals surface area contributed by atoms with Gasteiger partial charge in [0, 0.05) is 33.3 Å². The van der Waals surface area contributed by atoms with Crippen molar-refractivity contribution in [2.75, 3.05) is 43.2 Å². The third kappa shape index (κ3) is 2.64. The van der Waals surface area contributed by atoms with Gasteiger partial charge in [-0.3, -0.25) is 0 Å². The van der Waals surface area contributed by atoms with E-state index in [-0.39, 0.29) is 6.10 Å². The molecule has 1 aromatic rings. The largest absolute Gasteiger partial charge is 0.379 e. The van der Waals surface area contributed by atoms with E-state index in [1.54, 1.807) is 7.11 Å². The minimum absolute atomic E-state index is 0.243. The van der Waals surface area contributed by atoms with Crippen LogP contribution in [0.3, 0.4) is 0 Å². The molecule has 0 radical (unpaired) electrons. The lowest BCUT2D eigenvalue weighted by atomic mass is 9.96. The van der Waals surface area contributed by atoms with E-state index in [4.69, 9.17) is 10.5 Å². The summed E-state index contributed by atoms with van der Waals surface area (Å²) in [6.07, 6.45) is 1.34. The molecule has 3 N–H and O–H groups in total. The summed E-state index contributed by atoms with van der Waals surface area (Å²) in [6, 6.07) is 1.92. The summed E-state index contributed by atoms with van der Waals surface area (Å²) < 4.78 is 5.51. The van der Waals surface area contributed by atoms with Crippen LogP contribution in [-0.2, 0) is 4.74 Å². The zero-order valence-corrected chi connectivity index (χ0v) is 11.2. The van der Waals surface area contributed by atoms with Gasteiger partial charge in [0.2, 0.25) is 5.95 Å². The molecule has 6 heteroatoms. The lowest BCUT2D eigenvalue weighted by molar-refractivity contribution is 0.0496. The number of rotatable bonds is 3. The van der Waals surface area contributed by atoms with E-state index in [9.17, 15) is 0 Å². The maximum atomic E-state index is 5.72. The van der Waals surface area contributed by atoms with E-state index in [0.717, 1.165) is 31.1 Å². The summed E-state index contributed by atoms with van der Waals surface area (Å²) >= 11 is 0. The Bertz CT molecular complexity index is 411. The number of nitrogens with zero attached hydrogens (tertiary/aromatic N) is 3. The van der Waals surface area contributed by atoms with E-state index >= 15 is 0 Å². The number of anilines is 3. The monoisotopic (exact) mass is 251 g/mol. The Balaban J connectivity index is 2.18. The molecule has 1 aromatic heterocycles. The van der Waals surface area contributed by atoms with Crippen LogP contribution in [0.5, 0.6) is 0 Å². The van der Waals surface area contributed by atoms with Crippen LogP contribution in [-0.4, -0.2) is 43.3 Å². The predicted molar refractivity (Wildman–Crippen MR) is 72.8 cm³/mol. The second kappa shape index (κ2) is 5.39. The number of ether oxygens (including phenoxy) is 1. The van der Waals surface area contributed by atoms with Crippen LogP contribution >= 0.6 is 0 Å². The van der Waals surface area contributed by atoms with Crippen molar-refractivity contribution in [1.29, 1.82) is 0 Å². The van der Waals surface area contributed by atoms with Crippen LogP contribution in [0, 0.1) is 5.92 Å². The van der Waals surface area contributed by atoms with Crippen molar-refractivity contribution in [3.8, 4) is 0 Å². The van der Waals surface area contributed by atoms with Gasteiger partial charge in [0.25, 0.3) is 0 Å². The van der Waals surface area contributed by atoms with E-state index in [1.165, 1.54) is 0 Å². The molecule has 2 rings (SSSR count). The lowest BCUT2D eigenvalue weighted by Gasteiger charge is -2.36. The van der Waals surface area contributed by atoms with Gasteiger partial charge in [-0.25, -0.2) is 0 Å². The average molecular weight is 251 g/mol. The highest BCUT2D eigenvalue weighted by molar-refractivity contribution is 5.52. The maximum Gasteiger partial charge on any atom is 0.223 e. The summed E-state index contributed by atoms with van der Waals surface area (Å²) in [5.74, 6) is 2.48. The van der Waals surface area contributed by atoms with Crippen LogP contribution in [0.1, 0.15) is 13.3 Å². The third-order valence-electron chi connectivity index (χ3n) is 3.50. The second-order valence-electron chi connectivity index (χ2n) is 4.71. The molecule has 0 amide bonds. The number of hydrogen-bond donors (Lipinski definition) is 2. The molecule has 2 unspecified atom stereocenters. The number of aromatic nitrogens is 2. The normalized spacial score (nSPS) is 24.1. The van der Waals surface area contributed by atoms with Gasteiger partial charge in [0.15, 0.2) is 0 Å². The average Bonchev–Trinajstić information content (AvgIpc) is 2.38. The Kier molecular flexibility index (Phi) is 3.86. The molecule has 2 heterocycles. The molecule has 0 aliphatic carbocycles. The highest BCUT2D eigenvalue weighted by atomic mass is 16.5. The summed E-state index contributed by atoms with van der Waals surface area (Å²) in [5, 5.41) is 2.99. The first-order valence-electron chi connectivity index (χ1n) is 6.24. The van der Waals surface area contributed by atoms with Gasteiger partial charge in [-0.05, 0) is 12.3 Å². The summed E-state index contributed by atoms with van der Waals surface area (Å²) in [4.78, 5) is 10.6. The van der Waals surface area contributed by atoms with Crippen LogP contribution in [0.2, 0.25) is 0 Å². The summed E-state index contributed by atoms with van der Waals surface area (Å²) in [7, 11) is 3.58. The van der Waals surface area contributed by atoms with E-state index in [0.29, 0.717) is 11.9 Å². The van der Waals surface area contributed by atoms with Gasteiger partial charge in [-0.15, -0.1) is 0 Å². The van der Waals surface area contributed by atoms with Crippen molar-refractivity contribution in [3.63, 3.8) is 0 Å². The smallest absolute Gasteiger partial charge is 0.223 e. The first-order valence-corrected chi connectivity index (χ1v) is 6.24. The first kappa shape index (κ1) is 12.9. The number of nitrogens with one attached hydrogen (secondary N) is 1. The molecule has 0 spiro atoms. The van der Waals surface area contributed by atoms with Crippen LogP contribution in [0.25, 0.3) is 0 Å². The van der Waals surface area contributed by atoms with Gasteiger partial charge < -0.3 is 20.7 Å². The Hall–Kier alpha value is -1.56. The standard InChI is InChI=1S/C12H21N5O/c1-8-4-5-17(7-9(8)18-3)11-6-10(14-2)15-12(13)16-11/h6,8-9H,4-5,7H2,1-3H3,(H3,13,14,15,16). The Morgan fingerprint density at radius 2 is 2.28 bits per heavy atom. The van der Waals surface area contributed by atoms with Crippen molar-refractivity contribution in [3.05, 3.63) is 6.07 Å². The predicted octanol–water partition coefficient (Wildman–Crippen LogP) is 0.962. The molecule has 1 saturated heterocycles. The van der Waals surface area contributed by atoms with Crippen LogP contribution in [0.4, 0.5) is 17.6 Å². The number of piperidine rings is 1. The highest BCUT2D eigenvalue weighted by Gasteiger charge is 2.27. The number of hydrogen-bond acceptors (Lipinski definition) is 6. The Morgan fingerprint density at radius 3 is 2.94 bits per heavy atom.